The van der Waals surface area contributed by atoms with Crippen LogP contribution in [-0.4, -0.2) is 18.0 Å². The summed E-state index contributed by atoms with van der Waals surface area (Å²) in [6.07, 6.45) is -1.06. The number of ether oxygens (including phenoxy) is 2. The zero-order valence-corrected chi connectivity index (χ0v) is 16.4. The van der Waals surface area contributed by atoms with Crippen LogP contribution in [0, 0.1) is 11.3 Å². The fourth-order valence-electron chi connectivity index (χ4n) is 2.70. The minimum Gasteiger partial charge on any atom is -0.488 e. The van der Waals surface area contributed by atoms with E-state index < -0.39 is 18.0 Å². The van der Waals surface area contributed by atoms with E-state index in [-0.39, 0.29) is 5.56 Å². The van der Waals surface area contributed by atoms with Gasteiger partial charge in [-0.1, -0.05) is 54.6 Å². The molecule has 0 heterocycles. The first-order valence-electron chi connectivity index (χ1n) is 9.35. The van der Waals surface area contributed by atoms with Crippen molar-refractivity contribution in [2.45, 2.75) is 19.6 Å². The van der Waals surface area contributed by atoms with Crippen molar-refractivity contribution in [3.05, 3.63) is 95.6 Å². The molecule has 6 nitrogen and oxygen atoms in total. The minimum atomic E-state index is -1.06. The number of carbonyl (C=O) groups is 2. The summed E-state index contributed by atoms with van der Waals surface area (Å²) < 4.78 is 11.1. The predicted octanol–water partition coefficient (Wildman–Crippen LogP) is 4.32. The molecule has 0 saturated carbocycles. The number of carbonyl (C=O) groups excluding carboxylic acids is 2. The van der Waals surface area contributed by atoms with E-state index in [0.29, 0.717) is 23.6 Å². The van der Waals surface area contributed by atoms with E-state index >= 15 is 0 Å². The zero-order chi connectivity index (χ0) is 21.3. The second kappa shape index (κ2) is 9.89. The standard InChI is InChI=1S/C24H20N2O4/c1-17(23(27)26-21-13-7-5-11-19(21)15-25)30-24(28)20-12-6-8-14-22(20)29-16-18-9-3-2-4-10-18/h2-14,17H,16H2,1H3,(H,26,27)/t17-/m0/s1. The molecule has 0 aliphatic rings. The number of esters is 1. The average Bonchev–Trinajstić information content (AvgIpc) is 2.78. The van der Waals surface area contributed by atoms with E-state index in [1.165, 1.54) is 6.92 Å². The fourth-order valence-corrected chi connectivity index (χ4v) is 2.70. The third kappa shape index (κ3) is 5.24. The number of nitrogens with zero attached hydrogens (tertiary/aromatic N) is 1. The van der Waals surface area contributed by atoms with Crippen LogP contribution in [0.5, 0.6) is 5.75 Å². The highest BCUT2D eigenvalue weighted by molar-refractivity contribution is 5.98. The van der Waals surface area contributed by atoms with Gasteiger partial charge in [0.05, 0.1) is 11.3 Å². The summed E-state index contributed by atoms with van der Waals surface area (Å²) in [5.74, 6) is -0.836. The normalized spacial score (nSPS) is 11.1. The van der Waals surface area contributed by atoms with E-state index in [4.69, 9.17) is 14.7 Å². The topological polar surface area (TPSA) is 88.4 Å². The first-order chi connectivity index (χ1) is 14.6. The molecular formula is C24H20N2O4. The Morgan fingerprint density at radius 3 is 2.40 bits per heavy atom. The number of para-hydroxylation sites is 2. The summed E-state index contributed by atoms with van der Waals surface area (Å²) in [5, 5.41) is 11.7. The third-order valence-electron chi connectivity index (χ3n) is 4.30. The SMILES string of the molecule is C[C@H](OC(=O)c1ccccc1OCc1ccccc1)C(=O)Nc1ccccc1C#N. The van der Waals surface area contributed by atoms with Gasteiger partial charge in [0.2, 0.25) is 0 Å². The number of amides is 1. The summed E-state index contributed by atoms with van der Waals surface area (Å²) in [6, 6.07) is 24.9. The van der Waals surface area contributed by atoms with Crippen molar-refractivity contribution < 1.29 is 19.1 Å². The summed E-state index contributed by atoms with van der Waals surface area (Å²) in [4.78, 5) is 25.0. The summed E-state index contributed by atoms with van der Waals surface area (Å²) in [7, 11) is 0. The van der Waals surface area contributed by atoms with Crippen LogP contribution in [-0.2, 0) is 16.1 Å². The van der Waals surface area contributed by atoms with Gasteiger partial charge in [-0.25, -0.2) is 4.79 Å². The van der Waals surface area contributed by atoms with E-state index in [1.54, 1.807) is 48.5 Å². The molecule has 3 aromatic rings. The van der Waals surface area contributed by atoms with Crippen LogP contribution in [0.1, 0.15) is 28.4 Å². The van der Waals surface area contributed by atoms with Crippen molar-refractivity contribution in [3.8, 4) is 11.8 Å². The molecule has 3 aromatic carbocycles. The molecule has 1 atom stereocenters. The first kappa shape index (κ1) is 20.6. The van der Waals surface area contributed by atoms with Crippen molar-refractivity contribution in [1.29, 1.82) is 5.26 Å². The first-order valence-corrected chi connectivity index (χ1v) is 9.35. The monoisotopic (exact) mass is 400 g/mol. The molecule has 0 fully saturated rings. The Kier molecular flexibility index (Phi) is 6.80. The van der Waals surface area contributed by atoms with Crippen LogP contribution in [0.25, 0.3) is 0 Å². The van der Waals surface area contributed by atoms with Crippen molar-refractivity contribution in [2.24, 2.45) is 0 Å². The molecule has 0 spiro atoms. The number of nitriles is 1. The quantitative estimate of drug-likeness (QED) is 0.597. The number of nitrogens with one attached hydrogen (secondary N) is 1. The molecule has 0 aliphatic carbocycles. The minimum absolute atomic E-state index is 0.227. The number of rotatable bonds is 7. The molecule has 0 aliphatic heterocycles. The van der Waals surface area contributed by atoms with Gasteiger partial charge in [-0.05, 0) is 36.8 Å². The van der Waals surface area contributed by atoms with Crippen LogP contribution < -0.4 is 10.1 Å². The van der Waals surface area contributed by atoms with Gasteiger partial charge < -0.3 is 14.8 Å². The molecule has 6 heteroatoms. The van der Waals surface area contributed by atoms with Gasteiger partial charge in [-0.15, -0.1) is 0 Å². The van der Waals surface area contributed by atoms with Gasteiger partial charge in [-0.2, -0.15) is 5.26 Å². The molecule has 0 radical (unpaired) electrons. The van der Waals surface area contributed by atoms with Crippen molar-refractivity contribution in [3.63, 3.8) is 0 Å². The molecule has 3 rings (SSSR count). The summed E-state index contributed by atoms with van der Waals surface area (Å²) in [5.41, 5.74) is 1.87. The summed E-state index contributed by atoms with van der Waals surface area (Å²) in [6.45, 7) is 1.77. The van der Waals surface area contributed by atoms with Crippen molar-refractivity contribution in [1.82, 2.24) is 0 Å². The lowest BCUT2D eigenvalue weighted by atomic mass is 10.2. The zero-order valence-electron chi connectivity index (χ0n) is 16.4. The van der Waals surface area contributed by atoms with Crippen LogP contribution in [0.3, 0.4) is 0 Å². The van der Waals surface area contributed by atoms with Crippen LogP contribution in [0.2, 0.25) is 0 Å². The van der Waals surface area contributed by atoms with Crippen LogP contribution in [0.4, 0.5) is 5.69 Å². The largest absolute Gasteiger partial charge is 0.488 e. The van der Waals surface area contributed by atoms with E-state index in [9.17, 15) is 9.59 Å². The molecule has 0 unspecified atom stereocenters. The Labute approximate surface area is 174 Å². The van der Waals surface area contributed by atoms with Gasteiger partial charge in [0.25, 0.3) is 5.91 Å². The van der Waals surface area contributed by atoms with E-state index in [0.717, 1.165) is 5.56 Å². The number of hydrogen-bond donors (Lipinski definition) is 1. The maximum atomic E-state index is 12.6. The molecule has 0 saturated heterocycles. The van der Waals surface area contributed by atoms with Gasteiger partial charge in [0.15, 0.2) is 6.10 Å². The fraction of sp³-hybridized carbons (Fsp3) is 0.125. The Morgan fingerprint density at radius 2 is 1.63 bits per heavy atom. The van der Waals surface area contributed by atoms with E-state index in [1.807, 2.05) is 36.4 Å². The van der Waals surface area contributed by atoms with Gasteiger partial charge in [-0.3, -0.25) is 4.79 Å². The van der Waals surface area contributed by atoms with Gasteiger partial charge in [0.1, 0.15) is 24.0 Å². The lowest BCUT2D eigenvalue weighted by molar-refractivity contribution is -0.123. The van der Waals surface area contributed by atoms with Crippen molar-refractivity contribution >= 4 is 17.6 Å². The molecule has 0 aromatic heterocycles. The maximum absolute atomic E-state index is 12.6. The highest BCUT2D eigenvalue weighted by Gasteiger charge is 2.22. The second-order valence-corrected chi connectivity index (χ2v) is 6.46. The molecule has 150 valence electrons. The smallest absolute Gasteiger partial charge is 0.342 e. The lowest BCUT2D eigenvalue weighted by Gasteiger charge is -2.16. The highest BCUT2D eigenvalue weighted by atomic mass is 16.5. The molecule has 1 N–H and O–H groups in total. The molecule has 1 amide bonds. The Morgan fingerprint density at radius 1 is 0.967 bits per heavy atom. The lowest BCUT2D eigenvalue weighted by Crippen LogP contribution is -2.30. The second-order valence-electron chi connectivity index (χ2n) is 6.46. The molecule has 30 heavy (non-hydrogen) atoms. The maximum Gasteiger partial charge on any atom is 0.342 e. The number of anilines is 1. The number of benzene rings is 3. The van der Waals surface area contributed by atoms with Crippen LogP contribution in [0.15, 0.2) is 78.9 Å². The van der Waals surface area contributed by atoms with Crippen molar-refractivity contribution in [2.75, 3.05) is 5.32 Å². The van der Waals surface area contributed by atoms with Crippen LogP contribution >= 0.6 is 0 Å². The summed E-state index contributed by atoms with van der Waals surface area (Å²) >= 11 is 0. The predicted molar refractivity (Wildman–Crippen MR) is 112 cm³/mol. The Hall–Kier alpha value is -4.11. The highest BCUT2D eigenvalue weighted by Crippen LogP contribution is 2.21. The third-order valence-corrected chi connectivity index (χ3v) is 4.30. The van der Waals surface area contributed by atoms with Gasteiger partial charge >= 0.3 is 5.97 Å². The number of hydrogen-bond acceptors (Lipinski definition) is 5. The Bertz CT molecular complexity index is 1070. The average molecular weight is 400 g/mol. The molecule has 0 bridgehead atoms. The Balaban J connectivity index is 1.65. The van der Waals surface area contributed by atoms with Gasteiger partial charge in [0, 0.05) is 0 Å². The van der Waals surface area contributed by atoms with E-state index in [2.05, 4.69) is 5.32 Å². The molecular weight excluding hydrogens is 380 g/mol.